The third-order valence-electron chi connectivity index (χ3n) is 10.3. The van der Waals surface area contributed by atoms with Crippen molar-refractivity contribution in [1.29, 1.82) is 0 Å². The molecule has 53 heavy (non-hydrogen) atoms. The Kier molecular flexibility index (Phi) is 12.3. The molecular weight excluding hydrogens is 747 g/mol. The molecule has 3 heterocycles. The number of urea groups is 1. The van der Waals surface area contributed by atoms with Gasteiger partial charge in [0.1, 0.15) is 23.7 Å². The van der Waals surface area contributed by atoms with Crippen molar-refractivity contribution in [2.45, 2.75) is 134 Å². The third kappa shape index (κ3) is 9.58. The Morgan fingerprint density at radius 1 is 1.08 bits per heavy atom. The lowest BCUT2D eigenvalue weighted by atomic mass is 10.0. The number of nitrogens with one attached hydrogen (secondary N) is 4. The van der Waals surface area contributed by atoms with Gasteiger partial charge in [0.15, 0.2) is 0 Å². The van der Waals surface area contributed by atoms with E-state index in [0.717, 1.165) is 24.0 Å². The number of allylic oxidation sites excluding steroid dienone is 1. The monoisotopic (exact) mass is 796 g/mol. The van der Waals surface area contributed by atoms with Gasteiger partial charge in [-0.2, -0.15) is 0 Å². The Hall–Kier alpha value is -3.56. The summed E-state index contributed by atoms with van der Waals surface area (Å²) in [7, 11) is -4.03. The zero-order chi connectivity index (χ0) is 38.9. The maximum Gasteiger partial charge on any atom is 0.410 e. The number of halogens is 2. The summed E-state index contributed by atoms with van der Waals surface area (Å²) in [5.74, 6) is -2.56. The smallest absolute Gasteiger partial charge is 0.410 e. The number of sulfonamides is 1. The minimum Gasteiger partial charge on any atom is -0.444 e. The second-order valence-corrected chi connectivity index (χ2v) is 18.5. The van der Waals surface area contributed by atoms with E-state index in [4.69, 9.17) is 27.9 Å². The van der Waals surface area contributed by atoms with E-state index in [0.29, 0.717) is 29.3 Å². The van der Waals surface area contributed by atoms with Crippen molar-refractivity contribution in [2.24, 2.45) is 5.92 Å². The molecule has 0 radical (unpaired) electrons. The molecule has 1 aliphatic carbocycles. The quantitative estimate of drug-likeness (QED) is 0.303. The fourth-order valence-corrected chi connectivity index (χ4v) is 8.43. The molecule has 5 rings (SSSR count). The second kappa shape index (κ2) is 16.0. The first-order valence-electron chi connectivity index (χ1n) is 18.2. The van der Waals surface area contributed by atoms with Crippen LogP contribution in [-0.4, -0.2) is 89.1 Å². The molecule has 2 fully saturated rings. The zero-order valence-corrected chi connectivity index (χ0v) is 33.1. The summed E-state index contributed by atoms with van der Waals surface area (Å²) in [4.78, 5) is 71.6. The van der Waals surface area contributed by atoms with Gasteiger partial charge >= 0.3 is 12.1 Å². The van der Waals surface area contributed by atoms with Crippen molar-refractivity contribution in [3.63, 3.8) is 0 Å². The van der Waals surface area contributed by atoms with E-state index in [-0.39, 0.29) is 38.9 Å². The van der Waals surface area contributed by atoms with Gasteiger partial charge in [-0.3, -0.25) is 24.0 Å². The zero-order valence-electron chi connectivity index (χ0n) is 30.8. The van der Waals surface area contributed by atoms with E-state index in [1.165, 1.54) is 16.7 Å². The van der Waals surface area contributed by atoms with E-state index in [9.17, 15) is 32.4 Å². The summed E-state index contributed by atoms with van der Waals surface area (Å²) in [6.07, 6.45) is 5.62. The Labute approximate surface area is 321 Å². The molecule has 14 nitrogen and oxygen atoms in total. The van der Waals surface area contributed by atoms with Crippen molar-refractivity contribution >= 4 is 63.1 Å². The standard InChI is InChI=1S/C36H50Cl2N6O8S/c1-6-21(2)53(50,51)42-32(47)36-17-24(36)12-10-8-7-9-11-13-28(39-33(48)41-35(3,4)5)31(46)44-20-25(16-29(44)30(45)40-36)52-34(49)43-18-22-14-26(37)27(38)15-23(22)19-43/h10,12,14-15,21,24-25,28-29H,6-9,11,13,16-20H2,1-5H3,(H,40,45)(H,42,47)(H2,39,41,48)/b12-10-/t21?,24-,25-,28+,29+,36-/m1/s1. The number of hydrogen-bond donors (Lipinski definition) is 4. The van der Waals surface area contributed by atoms with Gasteiger partial charge in [0.2, 0.25) is 21.8 Å². The summed E-state index contributed by atoms with van der Waals surface area (Å²) in [5.41, 5.74) is -0.511. The highest BCUT2D eigenvalue weighted by atomic mass is 35.5. The van der Waals surface area contributed by atoms with Gasteiger partial charge in [-0.25, -0.2) is 18.0 Å². The third-order valence-corrected chi connectivity index (χ3v) is 12.9. The minimum atomic E-state index is -4.03. The SMILES string of the molecule is CCC(C)S(=O)(=O)NC(=O)[C@@]12C[C@H]1/C=C\CCCCC[C@H](NC(=O)NC(C)(C)C)C(=O)N1C[C@H](OC(=O)N3Cc4cc(Cl)c(Cl)cc4C3)C[C@H]1C(=O)N2. The van der Waals surface area contributed by atoms with Crippen molar-refractivity contribution < 1.29 is 37.1 Å². The highest BCUT2D eigenvalue weighted by molar-refractivity contribution is 7.90. The van der Waals surface area contributed by atoms with Crippen LogP contribution in [0.25, 0.3) is 0 Å². The number of fused-ring (bicyclic) bond motifs is 3. The van der Waals surface area contributed by atoms with Crippen molar-refractivity contribution in [3.05, 3.63) is 45.5 Å². The number of rotatable bonds is 6. The van der Waals surface area contributed by atoms with E-state index >= 15 is 0 Å². The molecule has 1 saturated carbocycles. The number of benzene rings is 1. The van der Waals surface area contributed by atoms with Crippen LogP contribution in [0.1, 0.15) is 97.1 Å². The first kappa shape index (κ1) is 40.6. The van der Waals surface area contributed by atoms with Gasteiger partial charge in [0.05, 0.1) is 21.8 Å². The van der Waals surface area contributed by atoms with Gasteiger partial charge in [-0.15, -0.1) is 0 Å². The molecule has 0 spiro atoms. The maximum atomic E-state index is 14.4. The Bertz CT molecular complexity index is 1740. The van der Waals surface area contributed by atoms with Crippen LogP contribution in [0.2, 0.25) is 10.0 Å². The van der Waals surface area contributed by atoms with Crippen LogP contribution < -0.4 is 20.7 Å². The van der Waals surface area contributed by atoms with E-state index in [2.05, 4.69) is 20.7 Å². The second-order valence-electron chi connectivity index (χ2n) is 15.6. The molecule has 292 valence electrons. The molecule has 4 aliphatic rings. The Morgan fingerprint density at radius 2 is 1.74 bits per heavy atom. The fourth-order valence-electron chi connectivity index (χ4n) is 6.98. The Balaban J connectivity index is 1.41. The first-order valence-corrected chi connectivity index (χ1v) is 20.5. The van der Waals surface area contributed by atoms with Crippen molar-refractivity contribution in [1.82, 2.24) is 30.5 Å². The largest absolute Gasteiger partial charge is 0.444 e. The summed E-state index contributed by atoms with van der Waals surface area (Å²) < 4.78 is 33.9. The number of carbonyl (C=O) groups excluding carboxylic acids is 5. The summed E-state index contributed by atoms with van der Waals surface area (Å²) in [5, 5.41) is 8.30. The minimum absolute atomic E-state index is 0.0912. The van der Waals surface area contributed by atoms with Crippen molar-refractivity contribution in [2.75, 3.05) is 6.54 Å². The molecule has 0 aromatic heterocycles. The van der Waals surface area contributed by atoms with Crippen LogP contribution in [0, 0.1) is 5.92 Å². The lowest BCUT2D eigenvalue weighted by Gasteiger charge is -2.30. The predicted molar refractivity (Wildman–Crippen MR) is 199 cm³/mol. The highest BCUT2D eigenvalue weighted by Gasteiger charge is 2.62. The van der Waals surface area contributed by atoms with Gasteiger partial charge < -0.3 is 25.6 Å². The molecule has 0 bridgehead atoms. The lowest BCUT2D eigenvalue weighted by molar-refractivity contribution is -0.141. The van der Waals surface area contributed by atoms with Crippen LogP contribution in [0.5, 0.6) is 0 Å². The summed E-state index contributed by atoms with van der Waals surface area (Å²) in [6.45, 7) is 8.93. The topological polar surface area (TPSA) is 183 Å². The molecular formula is C36H50Cl2N6O8S. The van der Waals surface area contributed by atoms with E-state index in [1.807, 2.05) is 32.9 Å². The van der Waals surface area contributed by atoms with Gasteiger partial charge in [0.25, 0.3) is 5.91 Å². The normalized spacial score (nSPS) is 27.5. The molecule has 1 saturated heterocycles. The molecule has 1 aromatic carbocycles. The molecule has 6 atom stereocenters. The van der Waals surface area contributed by atoms with Crippen LogP contribution in [0.4, 0.5) is 9.59 Å². The number of nitrogens with zero attached hydrogens (tertiary/aromatic N) is 2. The van der Waals surface area contributed by atoms with E-state index in [1.54, 1.807) is 19.1 Å². The molecule has 4 N–H and O–H groups in total. The van der Waals surface area contributed by atoms with Crippen LogP contribution in [-0.2, 0) is 42.2 Å². The average molecular weight is 798 g/mol. The Morgan fingerprint density at radius 3 is 2.36 bits per heavy atom. The highest BCUT2D eigenvalue weighted by Crippen LogP contribution is 2.46. The number of amides is 6. The number of carbonyl (C=O) groups is 5. The molecule has 1 aromatic rings. The lowest BCUT2D eigenvalue weighted by Crippen LogP contribution is -2.59. The summed E-state index contributed by atoms with van der Waals surface area (Å²) in [6, 6.07) is 0.649. The van der Waals surface area contributed by atoms with Crippen LogP contribution in [0.15, 0.2) is 24.3 Å². The molecule has 3 aliphatic heterocycles. The number of hydrogen-bond acceptors (Lipinski definition) is 8. The average Bonchev–Trinajstić information content (AvgIpc) is 3.36. The first-order chi connectivity index (χ1) is 24.8. The van der Waals surface area contributed by atoms with Gasteiger partial charge in [-0.05, 0) is 83.1 Å². The maximum absolute atomic E-state index is 14.4. The van der Waals surface area contributed by atoms with Crippen molar-refractivity contribution in [3.8, 4) is 0 Å². The fraction of sp³-hybridized carbons (Fsp3) is 0.639. The predicted octanol–water partition coefficient (Wildman–Crippen LogP) is 4.52. The summed E-state index contributed by atoms with van der Waals surface area (Å²) >= 11 is 12.4. The molecule has 1 unspecified atom stereocenters. The van der Waals surface area contributed by atoms with E-state index < -0.39 is 80.3 Å². The van der Waals surface area contributed by atoms with Crippen LogP contribution >= 0.6 is 23.2 Å². The van der Waals surface area contributed by atoms with Crippen LogP contribution in [0.3, 0.4) is 0 Å². The number of ether oxygens (including phenoxy) is 1. The molecule has 6 amide bonds. The van der Waals surface area contributed by atoms with Gasteiger partial charge in [0, 0.05) is 31.0 Å². The molecule has 17 heteroatoms. The van der Waals surface area contributed by atoms with Gasteiger partial charge in [-0.1, -0.05) is 55.1 Å².